The van der Waals surface area contributed by atoms with Crippen LogP contribution in [0, 0.1) is 6.92 Å². The third-order valence-corrected chi connectivity index (χ3v) is 2.59. The molecule has 1 heterocycles. The molecule has 0 atom stereocenters. The normalized spacial score (nSPS) is 14.6. The lowest BCUT2D eigenvalue weighted by Gasteiger charge is -2.20. The Bertz CT molecular complexity index is 385. The first-order valence-electron chi connectivity index (χ1n) is 4.82. The second kappa shape index (κ2) is 3.33. The highest BCUT2D eigenvalue weighted by molar-refractivity contribution is 5.95. The molecule has 0 aromatic heterocycles. The number of carbonyl (C=O) groups is 1. The van der Waals surface area contributed by atoms with Gasteiger partial charge in [-0.25, -0.2) is 0 Å². The maximum Gasteiger partial charge on any atom is 0.224 e. The number of anilines is 2. The Labute approximate surface area is 83.5 Å². The first-order valence-corrected chi connectivity index (χ1v) is 4.82. The first kappa shape index (κ1) is 9.06. The zero-order valence-corrected chi connectivity index (χ0v) is 8.48. The van der Waals surface area contributed by atoms with Crippen LogP contribution in [0.5, 0.6) is 0 Å². The molecule has 2 N–H and O–H groups in total. The van der Waals surface area contributed by atoms with Gasteiger partial charge in [0, 0.05) is 24.8 Å². The molecular formula is C11H14N2O. The largest absolute Gasteiger partial charge is 0.388 e. The van der Waals surface area contributed by atoms with Crippen molar-refractivity contribution in [3.63, 3.8) is 0 Å². The van der Waals surface area contributed by atoms with Crippen LogP contribution in [-0.4, -0.2) is 13.0 Å². The number of fused-ring (bicyclic) bond motifs is 1. The lowest BCUT2D eigenvalue weighted by Crippen LogP contribution is -2.20. The smallest absolute Gasteiger partial charge is 0.224 e. The Morgan fingerprint density at radius 3 is 2.86 bits per heavy atom. The lowest BCUT2D eigenvalue weighted by atomic mass is 9.99. The highest BCUT2D eigenvalue weighted by Crippen LogP contribution is 2.29. The third-order valence-electron chi connectivity index (χ3n) is 2.59. The van der Waals surface area contributed by atoms with Crippen LogP contribution >= 0.6 is 0 Å². The first-order chi connectivity index (χ1) is 6.70. The summed E-state index contributed by atoms with van der Waals surface area (Å²) in [5, 5.41) is 6.03. The Morgan fingerprint density at radius 1 is 1.36 bits per heavy atom. The van der Waals surface area contributed by atoms with Crippen LogP contribution in [0.15, 0.2) is 12.1 Å². The molecule has 0 saturated heterocycles. The van der Waals surface area contributed by atoms with Gasteiger partial charge in [0.15, 0.2) is 0 Å². The minimum Gasteiger partial charge on any atom is -0.388 e. The van der Waals surface area contributed by atoms with Gasteiger partial charge in [-0.15, -0.1) is 0 Å². The molecule has 3 nitrogen and oxygen atoms in total. The molecule has 3 heteroatoms. The summed E-state index contributed by atoms with van der Waals surface area (Å²) in [6.45, 7) is 2.02. The van der Waals surface area contributed by atoms with Gasteiger partial charge < -0.3 is 10.6 Å². The molecule has 0 saturated carbocycles. The fraction of sp³-hybridized carbons (Fsp3) is 0.364. The molecule has 0 aliphatic carbocycles. The van der Waals surface area contributed by atoms with Gasteiger partial charge in [-0.2, -0.15) is 0 Å². The van der Waals surface area contributed by atoms with Gasteiger partial charge >= 0.3 is 0 Å². The van der Waals surface area contributed by atoms with Gasteiger partial charge in [-0.1, -0.05) is 0 Å². The van der Waals surface area contributed by atoms with E-state index >= 15 is 0 Å². The number of benzene rings is 1. The number of hydrogen-bond donors (Lipinski definition) is 2. The van der Waals surface area contributed by atoms with Crippen LogP contribution in [0.3, 0.4) is 0 Å². The van der Waals surface area contributed by atoms with Gasteiger partial charge in [0.25, 0.3) is 0 Å². The quantitative estimate of drug-likeness (QED) is 0.710. The van der Waals surface area contributed by atoms with Crippen LogP contribution < -0.4 is 10.6 Å². The van der Waals surface area contributed by atoms with E-state index in [1.165, 1.54) is 5.56 Å². The summed E-state index contributed by atoms with van der Waals surface area (Å²) in [5.74, 6) is 0.123. The molecule has 1 aromatic carbocycles. The Balaban J connectivity index is 2.48. The van der Waals surface area contributed by atoms with Gasteiger partial charge in [0.2, 0.25) is 5.91 Å². The molecule has 74 valence electrons. The van der Waals surface area contributed by atoms with Gasteiger partial charge in [0.05, 0.1) is 0 Å². The molecule has 1 amide bonds. The zero-order valence-electron chi connectivity index (χ0n) is 8.48. The Morgan fingerprint density at radius 2 is 2.14 bits per heavy atom. The average molecular weight is 190 g/mol. The van der Waals surface area contributed by atoms with Crippen molar-refractivity contribution in [3.8, 4) is 0 Å². The predicted octanol–water partition coefficient (Wildman–Crippen LogP) is 1.92. The van der Waals surface area contributed by atoms with Gasteiger partial charge in [0.1, 0.15) is 0 Å². The van der Waals surface area contributed by atoms with E-state index in [1.807, 2.05) is 20.0 Å². The van der Waals surface area contributed by atoms with Gasteiger partial charge in [-0.3, -0.25) is 4.79 Å². The monoisotopic (exact) mass is 190 g/mol. The Kier molecular flexibility index (Phi) is 2.15. The van der Waals surface area contributed by atoms with E-state index in [0.717, 1.165) is 23.4 Å². The van der Waals surface area contributed by atoms with Crippen molar-refractivity contribution in [2.75, 3.05) is 17.7 Å². The summed E-state index contributed by atoms with van der Waals surface area (Å²) in [7, 11) is 1.91. The molecule has 0 bridgehead atoms. The zero-order chi connectivity index (χ0) is 10.1. The third kappa shape index (κ3) is 1.45. The summed E-state index contributed by atoms with van der Waals surface area (Å²) < 4.78 is 0. The SMILES string of the molecule is CNc1cc(C)c2c(c1)CCC(=O)N2. The average Bonchev–Trinajstić information content (AvgIpc) is 2.19. The molecule has 1 aliphatic rings. The molecular weight excluding hydrogens is 176 g/mol. The summed E-state index contributed by atoms with van der Waals surface area (Å²) in [4.78, 5) is 11.2. The molecule has 0 spiro atoms. The predicted molar refractivity (Wildman–Crippen MR) is 57.7 cm³/mol. The van der Waals surface area contributed by atoms with Crippen molar-refractivity contribution < 1.29 is 4.79 Å². The maximum atomic E-state index is 11.2. The number of hydrogen-bond acceptors (Lipinski definition) is 2. The summed E-state index contributed by atoms with van der Waals surface area (Å²) in [6, 6.07) is 4.15. The van der Waals surface area contributed by atoms with Gasteiger partial charge in [-0.05, 0) is 36.6 Å². The van der Waals surface area contributed by atoms with E-state index in [-0.39, 0.29) is 5.91 Å². The van der Waals surface area contributed by atoms with E-state index in [2.05, 4.69) is 16.7 Å². The summed E-state index contributed by atoms with van der Waals surface area (Å²) in [6.07, 6.45) is 1.44. The minimum absolute atomic E-state index is 0.123. The highest BCUT2D eigenvalue weighted by atomic mass is 16.1. The molecule has 1 aliphatic heterocycles. The van der Waals surface area contributed by atoms with Crippen LogP contribution in [0.25, 0.3) is 0 Å². The van der Waals surface area contributed by atoms with Crippen molar-refractivity contribution in [1.82, 2.24) is 0 Å². The van der Waals surface area contributed by atoms with E-state index in [0.29, 0.717) is 6.42 Å². The number of nitrogens with one attached hydrogen (secondary N) is 2. The summed E-state index contributed by atoms with van der Waals surface area (Å²) in [5.41, 5.74) is 4.46. The fourth-order valence-electron chi connectivity index (χ4n) is 1.83. The van der Waals surface area contributed by atoms with Crippen molar-refractivity contribution in [2.24, 2.45) is 0 Å². The molecule has 1 aromatic rings. The van der Waals surface area contributed by atoms with E-state index in [4.69, 9.17) is 0 Å². The van der Waals surface area contributed by atoms with Crippen molar-refractivity contribution in [1.29, 1.82) is 0 Å². The number of aryl methyl sites for hydroxylation is 2. The Hall–Kier alpha value is -1.51. The van der Waals surface area contributed by atoms with Crippen molar-refractivity contribution in [3.05, 3.63) is 23.3 Å². The molecule has 0 unspecified atom stereocenters. The molecule has 0 radical (unpaired) electrons. The van der Waals surface area contributed by atoms with E-state index < -0.39 is 0 Å². The van der Waals surface area contributed by atoms with Crippen molar-refractivity contribution >= 4 is 17.3 Å². The highest BCUT2D eigenvalue weighted by Gasteiger charge is 2.16. The van der Waals surface area contributed by atoms with Crippen LogP contribution in [0.2, 0.25) is 0 Å². The maximum absolute atomic E-state index is 11.2. The van der Waals surface area contributed by atoms with Crippen molar-refractivity contribution in [2.45, 2.75) is 19.8 Å². The number of rotatable bonds is 1. The fourth-order valence-corrected chi connectivity index (χ4v) is 1.83. The standard InChI is InChI=1S/C11H14N2O/c1-7-5-9(12-2)6-8-3-4-10(14)13-11(7)8/h5-6,12H,3-4H2,1-2H3,(H,13,14). The number of carbonyl (C=O) groups excluding carboxylic acids is 1. The molecule has 14 heavy (non-hydrogen) atoms. The van der Waals surface area contributed by atoms with Crippen LogP contribution in [0.4, 0.5) is 11.4 Å². The van der Waals surface area contributed by atoms with E-state index in [9.17, 15) is 4.79 Å². The second-order valence-electron chi connectivity index (χ2n) is 3.63. The number of amides is 1. The minimum atomic E-state index is 0.123. The van der Waals surface area contributed by atoms with E-state index in [1.54, 1.807) is 0 Å². The molecule has 0 fully saturated rings. The molecule has 2 rings (SSSR count). The second-order valence-corrected chi connectivity index (χ2v) is 3.63. The summed E-state index contributed by atoms with van der Waals surface area (Å²) >= 11 is 0. The van der Waals surface area contributed by atoms with Crippen LogP contribution in [0.1, 0.15) is 17.5 Å². The topological polar surface area (TPSA) is 41.1 Å². The van der Waals surface area contributed by atoms with Crippen LogP contribution in [-0.2, 0) is 11.2 Å². The lowest BCUT2D eigenvalue weighted by molar-refractivity contribution is -0.116.